The lowest BCUT2D eigenvalue weighted by Crippen LogP contribution is -3.00. The minimum atomic E-state index is -1.03. The summed E-state index contributed by atoms with van der Waals surface area (Å²) < 4.78 is 0. The van der Waals surface area contributed by atoms with Gasteiger partial charge in [0.1, 0.15) is 6.10 Å². The summed E-state index contributed by atoms with van der Waals surface area (Å²) in [4.78, 5) is 0. The molecule has 0 aromatic rings. The molecule has 0 fully saturated rings. The van der Waals surface area contributed by atoms with Gasteiger partial charge in [0.2, 0.25) is 0 Å². The molecular weight excluding hydrogens is 279 g/mol. The number of hydrogen-bond acceptors (Lipinski definition) is 2. The second-order valence-electron chi connectivity index (χ2n) is 5.59. The van der Waals surface area contributed by atoms with Gasteiger partial charge in [-0.05, 0) is 19.3 Å². The van der Waals surface area contributed by atoms with Crippen molar-refractivity contribution in [1.82, 2.24) is 0 Å². The summed E-state index contributed by atoms with van der Waals surface area (Å²) in [5.41, 5.74) is 0. The largest absolute Gasteiger partial charge is 1.00 e. The van der Waals surface area contributed by atoms with Crippen LogP contribution < -0.4 is 12.4 Å². The zero-order valence-electron chi connectivity index (χ0n) is 13.1. The molecule has 1 atom stereocenters. The quantitative estimate of drug-likeness (QED) is 0.522. The van der Waals surface area contributed by atoms with E-state index in [1.807, 2.05) is 0 Å². The second kappa shape index (κ2) is 13.6. The number of unbranched alkanes of at least 4 members (excludes halogenated alkanes) is 3. The topological polar surface area (TPSA) is 40.5 Å². The molecule has 0 saturated carbocycles. The van der Waals surface area contributed by atoms with Gasteiger partial charge in [-0.3, -0.25) is 0 Å². The molecule has 0 radical (unpaired) electrons. The van der Waals surface area contributed by atoms with Gasteiger partial charge < -0.3 is 22.6 Å². The van der Waals surface area contributed by atoms with Gasteiger partial charge >= 0.3 is 0 Å². The Labute approximate surface area is 127 Å². The van der Waals surface area contributed by atoms with Crippen LogP contribution in [-0.2, 0) is 0 Å². The highest BCUT2D eigenvalue weighted by Gasteiger charge is 2.37. The van der Waals surface area contributed by atoms with E-state index in [0.717, 1.165) is 6.16 Å². The predicted octanol–water partition coefficient (Wildman–Crippen LogP) is 0.762. The molecule has 0 rings (SSSR count). The zero-order valence-corrected chi connectivity index (χ0v) is 14.7. The molecule has 0 spiro atoms. The maximum atomic E-state index is 9.87. The van der Waals surface area contributed by atoms with Crippen LogP contribution in [0.5, 0.6) is 0 Å². The summed E-state index contributed by atoms with van der Waals surface area (Å²) in [6.07, 6.45) is 12.0. The van der Waals surface area contributed by atoms with Gasteiger partial charge in [-0.15, -0.1) is 0 Å². The van der Waals surface area contributed by atoms with E-state index < -0.39 is 13.4 Å². The first-order valence-electron chi connectivity index (χ1n) is 7.78. The van der Waals surface area contributed by atoms with E-state index in [0.29, 0.717) is 0 Å². The van der Waals surface area contributed by atoms with Crippen molar-refractivity contribution >= 4 is 7.26 Å². The van der Waals surface area contributed by atoms with E-state index in [9.17, 15) is 5.11 Å². The predicted molar refractivity (Wildman–Crippen MR) is 84.2 cm³/mol. The van der Waals surface area contributed by atoms with Crippen molar-refractivity contribution in [2.75, 3.05) is 31.3 Å². The molecule has 118 valence electrons. The molecule has 0 aliphatic heterocycles. The highest BCUT2D eigenvalue weighted by Crippen LogP contribution is 2.61. The summed E-state index contributed by atoms with van der Waals surface area (Å²) >= 11 is 0. The van der Waals surface area contributed by atoms with Crippen LogP contribution in [0.25, 0.3) is 0 Å². The highest BCUT2D eigenvalue weighted by molar-refractivity contribution is 7.75. The van der Waals surface area contributed by atoms with Gasteiger partial charge in [0, 0.05) is 7.26 Å². The van der Waals surface area contributed by atoms with E-state index >= 15 is 0 Å². The van der Waals surface area contributed by atoms with E-state index in [2.05, 4.69) is 20.8 Å². The van der Waals surface area contributed by atoms with Gasteiger partial charge in [-0.2, -0.15) is 0 Å². The molecule has 0 aromatic heterocycles. The van der Waals surface area contributed by atoms with Crippen molar-refractivity contribution in [2.24, 2.45) is 0 Å². The van der Waals surface area contributed by atoms with Gasteiger partial charge in [0.25, 0.3) is 0 Å². The lowest BCUT2D eigenvalue weighted by atomic mass is 10.4. The maximum Gasteiger partial charge on any atom is 0.110 e. The van der Waals surface area contributed by atoms with Crippen LogP contribution in [0.15, 0.2) is 0 Å². The Morgan fingerprint density at radius 2 is 1.21 bits per heavy atom. The minimum Gasteiger partial charge on any atom is -1.00 e. The Morgan fingerprint density at radius 3 is 1.47 bits per heavy atom. The highest BCUT2D eigenvalue weighted by atomic mass is 35.5. The van der Waals surface area contributed by atoms with Crippen LogP contribution in [0, 0.1) is 0 Å². The standard InChI is InChI=1S/C15H34O2P.ClH/c1-4-7-10-18(11-8-5-2,12-9-6-3)14-15(17)13-16;/h15-17H,4-14H2,1-3H3;1H/q+1;/p-1. The second-order valence-corrected chi connectivity index (χ2v) is 9.98. The van der Waals surface area contributed by atoms with E-state index in [1.54, 1.807) is 0 Å². The normalized spacial score (nSPS) is 13.1. The number of aliphatic hydroxyl groups excluding tert-OH is 2. The number of halogens is 1. The Kier molecular flexibility index (Phi) is 15.7. The summed E-state index contributed by atoms with van der Waals surface area (Å²) in [7, 11) is -1.03. The van der Waals surface area contributed by atoms with Crippen LogP contribution in [0.2, 0.25) is 0 Å². The van der Waals surface area contributed by atoms with E-state index in [1.165, 1.54) is 57.0 Å². The van der Waals surface area contributed by atoms with Crippen LogP contribution in [0.4, 0.5) is 0 Å². The fraction of sp³-hybridized carbons (Fsp3) is 1.00. The Morgan fingerprint density at radius 1 is 0.842 bits per heavy atom. The van der Waals surface area contributed by atoms with Crippen molar-refractivity contribution in [3.05, 3.63) is 0 Å². The molecule has 0 saturated heterocycles. The average molecular weight is 313 g/mol. The molecule has 2 N–H and O–H groups in total. The molecule has 4 heteroatoms. The molecule has 0 aliphatic rings. The lowest BCUT2D eigenvalue weighted by molar-refractivity contribution is -0.00000625. The Balaban J connectivity index is 0. The van der Waals surface area contributed by atoms with Crippen LogP contribution >= 0.6 is 7.26 Å². The van der Waals surface area contributed by atoms with E-state index in [4.69, 9.17) is 5.11 Å². The first-order chi connectivity index (χ1) is 8.64. The van der Waals surface area contributed by atoms with Crippen molar-refractivity contribution in [3.8, 4) is 0 Å². The number of rotatable bonds is 12. The monoisotopic (exact) mass is 312 g/mol. The fourth-order valence-electron chi connectivity index (χ4n) is 2.59. The summed E-state index contributed by atoms with van der Waals surface area (Å²) in [6.45, 7) is 6.68. The fourth-order valence-corrected chi connectivity index (χ4v) is 7.78. The minimum absolute atomic E-state index is 0. The number of aliphatic hydroxyl groups is 2. The zero-order chi connectivity index (χ0) is 13.9. The van der Waals surface area contributed by atoms with Crippen LogP contribution in [-0.4, -0.2) is 47.6 Å². The number of hydrogen-bond donors (Lipinski definition) is 2. The molecule has 0 aromatic carbocycles. The van der Waals surface area contributed by atoms with Crippen molar-refractivity contribution < 1.29 is 22.6 Å². The summed E-state index contributed by atoms with van der Waals surface area (Å²) in [5, 5.41) is 19.0. The average Bonchev–Trinajstić information content (AvgIpc) is 2.40. The van der Waals surface area contributed by atoms with Gasteiger partial charge in [-0.25, -0.2) is 0 Å². The SMILES string of the molecule is CCCC[P+](CCCC)(CCCC)CC(O)CO.[Cl-]. The summed E-state index contributed by atoms with van der Waals surface area (Å²) in [5.74, 6) is 0. The first kappa shape index (κ1) is 21.9. The van der Waals surface area contributed by atoms with Crippen molar-refractivity contribution in [3.63, 3.8) is 0 Å². The third kappa shape index (κ3) is 10.1. The van der Waals surface area contributed by atoms with Crippen molar-refractivity contribution in [1.29, 1.82) is 0 Å². The van der Waals surface area contributed by atoms with E-state index in [-0.39, 0.29) is 19.0 Å². The molecule has 0 amide bonds. The molecule has 0 bridgehead atoms. The van der Waals surface area contributed by atoms with Crippen molar-refractivity contribution in [2.45, 2.75) is 65.4 Å². The van der Waals surface area contributed by atoms with Crippen LogP contribution in [0.3, 0.4) is 0 Å². The summed E-state index contributed by atoms with van der Waals surface area (Å²) in [6, 6.07) is 0. The third-order valence-corrected chi connectivity index (χ3v) is 8.76. The lowest BCUT2D eigenvalue weighted by Gasteiger charge is -2.29. The first-order valence-corrected chi connectivity index (χ1v) is 10.3. The molecule has 1 unspecified atom stereocenters. The molecule has 0 aliphatic carbocycles. The smallest absolute Gasteiger partial charge is 0.110 e. The molecular formula is C15H34ClO2P. The van der Waals surface area contributed by atoms with Crippen LogP contribution in [0.1, 0.15) is 59.3 Å². The Hall–Kier alpha value is 0.640. The maximum absolute atomic E-state index is 9.87. The molecule has 19 heavy (non-hydrogen) atoms. The Bertz CT molecular complexity index is 169. The van der Waals surface area contributed by atoms with Gasteiger partial charge in [-0.1, -0.05) is 40.0 Å². The van der Waals surface area contributed by atoms with Gasteiger partial charge in [0.05, 0.1) is 31.3 Å². The third-order valence-electron chi connectivity index (χ3n) is 3.77. The van der Waals surface area contributed by atoms with Gasteiger partial charge in [0.15, 0.2) is 0 Å². The molecule has 0 heterocycles. The molecule has 2 nitrogen and oxygen atoms in total.